The predicted molar refractivity (Wildman–Crippen MR) is 80.5 cm³/mol. The first kappa shape index (κ1) is 22.0. The van der Waals surface area contributed by atoms with Crippen molar-refractivity contribution in [2.75, 3.05) is 0 Å². The first-order chi connectivity index (χ1) is 12.2. The lowest BCUT2D eigenvalue weighted by Gasteiger charge is -1.96. The molecule has 2 heterocycles. The summed E-state index contributed by atoms with van der Waals surface area (Å²) >= 11 is 0. The summed E-state index contributed by atoms with van der Waals surface area (Å²) in [6.45, 7) is 1.23. The largest absolute Gasteiger partial charge is 0.475 e. The lowest BCUT2D eigenvalue weighted by atomic mass is 10.4. The lowest BCUT2D eigenvalue weighted by molar-refractivity contribution is -0.142. The standard InChI is InChI=1S/C8H8O5.C6H4O5.O2/c1-5(9)12-4-6-2-3-7(13-6)8(10)11;7-5(8)3-1-2-4(11-3)6(9)10;1-2/h2-3H,4H2,1H3,(H,10,11);1-2H,(H,7,8)(H,9,10);. The van der Waals surface area contributed by atoms with Gasteiger partial charge >= 0.3 is 23.9 Å². The van der Waals surface area contributed by atoms with E-state index in [0.717, 1.165) is 12.1 Å². The maximum atomic E-state index is 10.4. The van der Waals surface area contributed by atoms with Gasteiger partial charge in [0.05, 0.1) is 0 Å². The molecule has 0 bridgehead atoms. The Bertz CT molecular complexity index is 740. The Morgan fingerprint density at radius 2 is 1.19 bits per heavy atom. The van der Waals surface area contributed by atoms with Crippen LogP contribution in [0.4, 0.5) is 0 Å². The number of furan rings is 2. The molecule has 0 amide bonds. The van der Waals surface area contributed by atoms with Crippen LogP contribution in [0.3, 0.4) is 0 Å². The van der Waals surface area contributed by atoms with E-state index in [9.17, 15) is 19.2 Å². The number of carboxylic acid groups (broad SMARTS) is 3. The number of carboxylic acids is 3. The van der Waals surface area contributed by atoms with Gasteiger partial charge in [-0.05, 0) is 24.3 Å². The molecule has 3 N–H and O–H groups in total. The van der Waals surface area contributed by atoms with Gasteiger partial charge in [-0.15, -0.1) is 0 Å². The van der Waals surface area contributed by atoms with E-state index in [1.54, 1.807) is 0 Å². The van der Waals surface area contributed by atoms with Crippen LogP contribution >= 0.6 is 0 Å². The molecular weight excluding hydrogens is 360 g/mol. The second kappa shape index (κ2) is 10.7. The molecule has 0 unspecified atom stereocenters. The van der Waals surface area contributed by atoms with Crippen molar-refractivity contribution in [1.29, 1.82) is 0 Å². The van der Waals surface area contributed by atoms with Gasteiger partial charge in [0.25, 0.3) is 0 Å². The van der Waals surface area contributed by atoms with Crippen molar-refractivity contribution in [3.8, 4) is 0 Å². The molecule has 12 nitrogen and oxygen atoms in total. The van der Waals surface area contributed by atoms with Crippen LogP contribution in [0.1, 0.15) is 44.3 Å². The summed E-state index contributed by atoms with van der Waals surface area (Å²) in [4.78, 5) is 55.0. The van der Waals surface area contributed by atoms with Crippen LogP contribution in [0.2, 0.25) is 0 Å². The Balaban J connectivity index is 0.000000444. The molecule has 0 aliphatic heterocycles. The van der Waals surface area contributed by atoms with Gasteiger partial charge < -0.3 is 28.9 Å². The fourth-order valence-electron chi connectivity index (χ4n) is 1.31. The highest BCUT2D eigenvalue weighted by Gasteiger charge is 2.12. The fraction of sp³-hybridized carbons (Fsp3) is 0.143. The number of ether oxygens (including phenoxy) is 1. The summed E-state index contributed by atoms with van der Waals surface area (Å²) in [5.74, 6) is -4.74. The minimum atomic E-state index is -1.28. The molecule has 12 heteroatoms. The van der Waals surface area contributed by atoms with E-state index in [-0.39, 0.29) is 23.9 Å². The van der Waals surface area contributed by atoms with Crippen LogP contribution in [0.25, 0.3) is 0 Å². The molecule has 0 radical (unpaired) electrons. The molecular formula is C14H12O12. The first-order valence-corrected chi connectivity index (χ1v) is 6.39. The van der Waals surface area contributed by atoms with Crippen molar-refractivity contribution in [2.24, 2.45) is 0 Å². The molecule has 0 atom stereocenters. The Morgan fingerprint density at radius 3 is 1.50 bits per heavy atom. The number of esters is 1. The molecule has 0 fully saturated rings. The van der Waals surface area contributed by atoms with Gasteiger partial charge in [0.15, 0.2) is 0 Å². The van der Waals surface area contributed by atoms with E-state index in [1.807, 2.05) is 0 Å². The van der Waals surface area contributed by atoms with E-state index in [1.165, 1.54) is 19.1 Å². The average Bonchev–Trinajstić information content (AvgIpc) is 3.25. The van der Waals surface area contributed by atoms with Crippen molar-refractivity contribution < 1.29 is 48.1 Å². The fourth-order valence-corrected chi connectivity index (χ4v) is 1.31. The summed E-state index contributed by atoms with van der Waals surface area (Å²) in [5.41, 5.74) is 0. The number of hydrogen-bond acceptors (Lipinski definition) is 9. The van der Waals surface area contributed by atoms with E-state index < -0.39 is 23.9 Å². The summed E-state index contributed by atoms with van der Waals surface area (Å²) in [5, 5.41) is 25.1. The molecule has 0 saturated heterocycles. The van der Waals surface area contributed by atoms with Crippen LogP contribution in [0, 0.1) is 9.93 Å². The minimum absolute atomic E-state index is 0.0391. The molecule has 26 heavy (non-hydrogen) atoms. The van der Waals surface area contributed by atoms with Crippen molar-refractivity contribution in [1.82, 2.24) is 0 Å². The molecule has 2 aromatic heterocycles. The molecule has 0 aliphatic rings. The van der Waals surface area contributed by atoms with Gasteiger partial charge in [0.1, 0.15) is 12.4 Å². The number of carbonyl (C=O) groups is 4. The van der Waals surface area contributed by atoms with Crippen molar-refractivity contribution in [3.05, 3.63) is 57.2 Å². The molecule has 2 aromatic rings. The highest BCUT2D eigenvalue weighted by molar-refractivity contribution is 5.89. The molecule has 0 aliphatic carbocycles. The van der Waals surface area contributed by atoms with Crippen LogP contribution < -0.4 is 0 Å². The summed E-state index contributed by atoms with van der Waals surface area (Å²) in [6, 6.07) is 4.94. The smallest absolute Gasteiger partial charge is 0.371 e. The third-order valence-corrected chi connectivity index (χ3v) is 2.32. The zero-order chi connectivity index (χ0) is 20.3. The SMILES string of the molecule is CC(=O)OCc1ccc(C(=O)O)o1.O=C(O)c1ccc(C(=O)O)o1.O=O. The third-order valence-electron chi connectivity index (χ3n) is 2.32. The second-order valence-corrected chi connectivity index (χ2v) is 4.13. The Hall–Kier alpha value is -3.96. The van der Waals surface area contributed by atoms with E-state index in [2.05, 4.69) is 9.15 Å². The number of aromatic carboxylic acids is 3. The van der Waals surface area contributed by atoms with Gasteiger partial charge in [0, 0.05) is 16.9 Å². The van der Waals surface area contributed by atoms with Crippen LogP contribution in [0.15, 0.2) is 33.1 Å². The van der Waals surface area contributed by atoms with Crippen LogP contribution in [0.5, 0.6) is 0 Å². The summed E-state index contributed by atoms with van der Waals surface area (Å²) < 4.78 is 13.8. The average molecular weight is 372 g/mol. The maximum absolute atomic E-state index is 10.4. The topological polar surface area (TPSA) is 199 Å². The minimum Gasteiger partial charge on any atom is -0.475 e. The summed E-state index contributed by atoms with van der Waals surface area (Å²) in [6.07, 6.45) is 0. The Kier molecular flexibility index (Phi) is 9.11. The number of carbonyl (C=O) groups excluding carboxylic acids is 1. The van der Waals surface area contributed by atoms with Crippen molar-refractivity contribution in [2.45, 2.75) is 13.5 Å². The van der Waals surface area contributed by atoms with Crippen molar-refractivity contribution in [3.63, 3.8) is 0 Å². The predicted octanol–water partition coefficient (Wildman–Crippen LogP) is 1.78. The van der Waals surface area contributed by atoms with Gasteiger partial charge in [0.2, 0.25) is 17.3 Å². The third kappa shape index (κ3) is 7.54. The van der Waals surface area contributed by atoms with Gasteiger partial charge in [-0.25, -0.2) is 14.4 Å². The summed E-state index contributed by atoms with van der Waals surface area (Å²) in [7, 11) is 0. The van der Waals surface area contributed by atoms with E-state index in [0.29, 0.717) is 5.76 Å². The second-order valence-electron chi connectivity index (χ2n) is 4.13. The monoisotopic (exact) mass is 372 g/mol. The Morgan fingerprint density at radius 1 is 0.808 bits per heavy atom. The number of rotatable bonds is 5. The highest BCUT2D eigenvalue weighted by Crippen LogP contribution is 2.09. The highest BCUT2D eigenvalue weighted by atomic mass is 16.7. The molecule has 0 saturated carbocycles. The van der Waals surface area contributed by atoms with E-state index >= 15 is 0 Å². The Labute approximate surface area is 143 Å². The normalized spacial score (nSPS) is 8.96. The zero-order valence-corrected chi connectivity index (χ0v) is 13.0. The molecule has 140 valence electrons. The van der Waals surface area contributed by atoms with Crippen LogP contribution in [-0.4, -0.2) is 39.2 Å². The van der Waals surface area contributed by atoms with Gasteiger partial charge in [-0.3, -0.25) is 4.79 Å². The zero-order valence-electron chi connectivity index (χ0n) is 13.0. The van der Waals surface area contributed by atoms with Gasteiger partial charge in [-0.1, -0.05) is 0 Å². The number of hydrogen-bond donors (Lipinski definition) is 3. The first-order valence-electron chi connectivity index (χ1n) is 6.39. The lowest BCUT2D eigenvalue weighted by Crippen LogP contribution is -1.97. The molecule has 0 aromatic carbocycles. The quantitative estimate of drug-likeness (QED) is 0.643. The van der Waals surface area contributed by atoms with Crippen molar-refractivity contribution >= 4 is 23.9 Å². The molecule has 0 spiro atoms. The van der Waals surface area contributed by atoms with E-state index in [4.69, 9.17) is 29.7 Å². The van der Waals surface area contributed by atoms with Crippen LogP contribution in [-0.2, 0) is 16.1 Å². The van der Waals surface area contributed by atoms with Gasteiger partial charge in [-0.2, -0.15) is 0 Å². The maximum Gasteiger partial charge on any atom is 0.371 e. The molecule has 2 rings (SSSR count).